The molecule has 0 bridgehead atoms. The number of rotatable bonds is 16. The first kappa shape index (κ1) is 42.8. The SMILES string of the molecule is Nc1cccc(-c2ccc(CCN3CCN(C(Cc4ccc(F)cc4)C(=O)C(Cc4ccc(F)cc4)N4CCN(CCc5ccc(-c6cccc(N)n6)cc5)CC4)CC3)cc2)n1. The van der Waals surface area contributed by atoms with Crippen LogP contribution < -0.4 is 11.5 Å². The van der Waals surface area contributed by atoms with Crippen LogP contribution in [-0.4, -0.2) is 113 Å². The van der Waals surface area contributed by atoms with Crippen LogP contribution in [0.5, 0.6) is 0 Å². The molecule has 9 nitrogen and oxygen atoms in total. The molecule has 4 aromatic carbocycles. The molecule has 4 heterocycles. The lowest BCUT2D eigenvalue weighted by Gasteiger charge is -2.43. The van der Waals surface area contributed by atoms with Crippen molar-refractivity contribution in [3.63, 3.8) is 0 Å². The summed E-state index contributed by atoms with van der Waals surface area (Å²) >= 11 is 0. The highest BCUT2D eigenvalue weighted by molar-refractivity contribution is 5.89. The number of aromatic nitrogens is 2. The van der Waals surface area contributed by atoms with Crippen molar-refractivity contribution in [1.29, 1.82) is 0 Å². The zero-order valence-electron chi connectivity index (χ0n) is 35.3. The number of halogens is 2. The van der Waals surface area contributed by atoms with E-state index in [9.17, 15) is 8.78 Å². The van der Waals surface area contributed by atoms with Gasteiger partial charge in [-0.1, -0.05) is 84.9 Å². The number of benzene rings is 4. The number of anilines is 2. The minimum atomic E-state index is -0.384. The number of piperazine rings is 2. The summed E-state index contributed by atoms with van der Waals surface area (Å²) in [6.07, 6.45) is 2.84. The van der Waals surface area contributed by atoms with Crippen LogP contribution in [0.15, 0.2) is 133 Å². The van der Waals surface area contributed by atoms with Crippen LogP contribution in [0.25, 0.3) is 22.5 Å². The Balaban J connectivity index is 0.916. The maximum Gasteiger partial charge on any atom is 0.167 e. The Labute approximate surface area is 364 Å². The molecule has 8 rings (SSSR count). The molecule has 4 N–H and O–H groups in total. The molecule has 11 heteroatoms. The normalized spacial score (nSPS) is 16.5. The first-order valence-corrected chi connectivity index (χ1v) is 21.8. The topological polar surface area (TPSA) is 108 Å². The summed E-state index contributed by atoms with van der Waals surface area (Å²) in [4.78, 5) is 33.7. The summed E-state index contributed by atoms with van der Waals surface area (Å²) < 4.78 is 28.1. The Morgan fingerprint density at radius 2 is 0.839 bits per heavy atom. The molecule has 320 valence electrons. The van der Waals surface area contributed by atoms with E-state index in [-0.39, 0.29) is 29.5 Å². The first-order chi connectivity index (χ1) is 30.2. The summed E-state index contributed by atoms with van der Waals surface area (Å²) in [5, 5.41) is 0. The number of hydrogen-bond donors (Lipinski definition) is 2. The van der Waals surface area contributed by atoms with Gasteiger partial charge in [0.25, 0.3) is 0 Å². The molecule has 2 fully saturated rings. The quantitative estimate of drug-likeness (QED) is 0.106. The molecule has 2 aliphatic rings. The fourth-order valence-electron chi connectivity index (χ4n) is 8.81. The maximum absolute atomic E-state index is 15.2. The number of hydrogen-bond acceptors (Lipinski definition) is 9. The van der Waals surface area contributed by atoms with Crippen molar-refractivity contribution in [3.8, 4) is 22.5 Å². The highest BCUT2D eigenvalue weighted by atomic mass is 19.1. The highest BCUT2D eigenvalue weighted by Crippen LogP contribution is 2.24. The average Bonchev–Trinajstić information content (AvgIpc) is 3.30. The third kappa shape index (κ3) is 11.3. The zero-order valence-corrected chi connectivity index (χ0v) is 35.3. The third-order valence-electron chi connectivity index (χ3n) is 12.5. The summed E-state index contributed by atoms with van der Waals surface area (Å²) in [6, 6.07) is 40.8. The number of carbonyl (C=O) groups is 1. The van der Waals surface area contributed by atoms with Gasteiger partial charge in [-0.3, -0.25) is 14.6 Å². The fraction of sp³-hybridized carbons (Fsp3) is 0.314. The number of Topliss-reactive ketones (excluding diaryl/α,β-unsaturated/α-hetero) is 1. The molecule has 2 aromatic heterocycles. The number of ketones is 1. The number of nitrogens with two attached hydrogens (primary N) is 2. The van der Waals surface area contributed by atoms with E-state index in [1.807, 2.05) is 24.3 Å². The average molecular weight is 835 g/mol. The van der Waals surface area contributed by atoms with Gasteiger partial charge in [0.05, 0.1) is 23.5 Å². The predicted octanol–water partition coefficient (Wildman–Crippen LogP) is 7.07. The fourth-order valence-corrected chi connectivity index (χ4v) is 8.81. The van der Waals surface area contributed by atoms with Gasteiger partial charge in [0, 0.05) is 76.6 Å². The number of nitrogen functional groups attached to an aromatic ring is 2. The van der Waals surface area contributed by atoms with Gasteiger partial charge in [-0.2, -0.15) is 0 Å². The van der Waals surface area contributed by atoms with Crippen molar-refractivity contribution >= 4 is 17.4 Å². The van der Waals surface area contributed by atoms with Gasteiger partial charge >= 0.3 is 0 Å². The largest absolute Gasteiger partial charge is 0.384 e. The van der Waals surface area contributed by atoms with Crippen molar-refractivity contribution in [3.05, 3.63) is 167 Å². The van der Waals surface area contributed by atoms with Crippen LogP contribution in [0.2, 0.25) is 0 Å². The van der Waals surface area contributed by atoms with Crippen LogP contribution in [0.4, 0.5) is 20.4 Å². The van der Waals surface area contributed by atoms with Crippen LogP contribution >= 0.6 is 0 Å². The van der Waals surface area contributed by atoms with Crippen molar-refractivity contribution in [2.75, 3.05) is 76.9 Å². The van der Waals surface area contributed by atoms with Gasteiger partial charge < -0.3 is 21.3 Å². The van der Waals surface area contributed by atoms with E-state index >= 15 is 4.79 Å². The minimum Gasteiger partial charge on any atom is -0.384 e. The van der Waals surface area contributed by atoms with E-state index in [1.54, 1.807) is 36.4 Å². The predicted molar refractivity (Wildman–Crippen MR) is 244 cm³/mol. The lowest BCUT2D eigenvalue weighted by Crippen LogP contribution is -2.60. The second-order valence-corrected chi connectivity index (χ2v) is 16.6. The Hall–Kier alpha value is -5.85. The lowest BCUT2D eigenvalue weighted by atomic mass is 9.91. The standard InChI is InChI=1S/C51H56F2N8O/c52-43-19-11-39(12-20-43)35-47(60-31-27-58(28-32-60)25-23-37-7-15-41(16-8-37)45-3-1-5-49(54)56-45)51(62)48(36-40-13-21-44(53)22-14-40)61-33-29-59(30-34-61)26-24-38-9-17-42(18-10-38)46-4-2-6-50(55)57-46/h1-22,47-48H,23-36H2,(H2,54,56)(H2,55,57). The van der Waals surface area contributed by atoms with E-state index in [0.29, 0.717) is 24.5 Å². The van der Waals surface area contributed by atoms with E-state index < -0.39 is 0 Å². The Bertz CT molecular complexity index is 2190. The van der Waals surface area contributed by atoms with Crippen molar-refractivity contribution in [1.82, 2.24) is 29.6 Å². The molecular formula is C51H56F2N8O. The van der Waals surface area contributed by atoms with Gasteiger partial charge in [0.2, 0.25) is 0 Å². The maximum atomic E-state index is 15.2. The molecule has 0 saturated carbocycles. The third-order valence-corrected chi connectivity index (χ3v) is 12.5. The number of nitrogens with zero attached hydrogens (tertiary/aromatic N) is 6. The van der Waals surface area contributed by atoms with E-state index in [2.05, 4.69) is 78.1 Å². The molecule has 2 saturated heterocycles. The van der Waals surface area contributed by atoms with Crippen LogP contribution in [0.1, 0.15) is 22.3 Å². The molecular weight excluding hydrogens is 779 g/mol. The smallest absolute Gasteiger partial charge is 0.167 e. The summed E-state index contributed by atoms with van der Waals surface area (Å²) in [6.45, 7) is 8.25. The van der Waals surface area contributed by atoms with Crippen LogP contribution in [-0.2, 0) is 30.5 Å². The summed E-state index contributed by atoms with van der Waals surface area (Å²) in [5.41, 5.74) is 20.0. The monoisotopic (exact) mass is 834 g/mol. The van der Waals surface area contributed by atoms with Gasteiger partial charge in [-0.25, -0.2) is 18.7 Å². The number of carbonyl (C=O) groups excluding carboxylic acids is 1. The lowest BCUT2D eigenvalue weighted by molar-refractivity contribution is -0.131. The van der Waals surface area contributed by atoms with Crippen LogP contribution in [0, 0.1) is 11.6 Å². The molecule has 2 unspecified atom stereocenters. The Morgan fingerprint density at radius 1 is 0.484 bits per heavy atom. The first-order valence-electron chi connectivity index (χ1n) is 21.8. The Morgan fingerprint density at radius 3 is 1.19 bits per heavy atom. The van der Waals surface area contributed by atoms with Gasteiger partial charge in [-0.05, 0) is 96.5 Å². The molecule has 2 aliphatic heterocycles. The van der Waals surface area contributed by atoms with Crippen molar-refractivity contribution in [2.45, 2.75) is 37.8 Å². The second kappa shape index (κ2) is 20.3. The van der Waals surface area contributed by atoms with E-state index in [0.717, 1.165) is 112 Å². The molecule has 2 atom stereocenters. The minimum absolute atomic E-state index is 0.171. The molecule has 0 amide bonds. The van der Waals surface area contributed by atoms with Gasteiger partial charge in [0.15, 0.2) is 5.78 Å². The second-order valence-electron chi connectivity index (χ2n) is 16.6. The van der Waals surface area contributed by atoms with Gasteiger partial charge in [0.1, 0.15) is 23.3 Å². The zero-order chi connectivity index (χ0) is 42.8. The molecule has 62 heavy (non-hydrogen) atoms. The van der Waals surface area contributed by atoms with Gasteiger partial charge in [-0.15, -0.1) is 0 Å². The van der Waals surface area contributed by atoms with E-state index in [1.165, 1.54) is 35.4 Å². The molecule has 0 aliphatic carbocycles. The van der Waals surface area contributed by atoms with Crippen LogP contribution in [0.3, 0.4) is 0 Å². The van der Waals surface area contributed by atoms with Crippen molar-refractivity contribution < 1.29 is 13.6 Å². The molecule has 0 spiro atoms. The molecule has 6 aromatic rings. The summed E-state index contributed by atoms with van der Waals surface area (Å²) in [5.74, 6) is 0.604. The summed E-state index contributed by atoms with van der Waals surface area (Å²) in [7, 11) is 0. The van der Waals surface area contributed by atoms with Crippen molar-refractivity contribution in [2.24, 2.45) is 0 Å². The highest BCUT2D eigenvalue weighted by Gasteiger charge is 2.37. The number of pyridine rings is 2. The Kier molecular flexibility index (Phi) is 14.1. The molecule has 0 radical (unpaired) electrons. The van der Waals surface area contributed by atoms with E-state index in [4.69, 9.17) is 11.5 Å².